The average Bonchev–Trinajstić information content (AvgIpc) is 2.35. The molecule has 0 aliphatic heterocycles. The Morgan fingerprint density at radius 2 is 2.17 bits per heavy atom. The summed E-state index contributed by atoms with van der Waals surface area (Å²) < 4.78 is 10.4. The Morgan fingerprint density at radius 3 is 2.83 bits per heavy atom. The topological polar surface area (TPSA) is 87.3 Å². The van der Waals surface area contributed by atoms with E-state index >= 15 is 0 Å². The Kier molecular flexibility index (Phi) is 3.47. The van der Waals surface area contributed by atoms with Crippen molar-refractivity contribution in [3.05, 3.63) is 23.6 Å². The Morgan fingerprint density at radius 1 is 1.39 bits per heavy atom. The van der Waals surface area contributed by atoms with E-state index in [4.69, 9.17) is 26.8 Å². The number of carbonyl (C=O) groups excluding carboxylic acids is 1. The number of methoxy groups -OCH3 is 1. The third-order valence-electron chi connectivity index (χ3n) is 2.24. The third-order valence-corrected chi connectivity index (χ3v) is 2.54. The van der Waals surface area contributed by atoms with Gasteiger partial charge in [-0.1, -0.05) is 11.6 Å². The molecule has 94 valence electrons. The van der Waals surface area contributed by atoms with Crippen LogP contribution in [-0.4, -0.2) is 29.6 Å². The molecule has 1 amide bonds. The zero-order chi connectivity index (χ0) is 13.1. The molecule has 0 saturated heterocycles. The first kappa shape index (κ1) is 12.4. The lowest BCUT2D eigenvalue weighted by Gasteiger charge is -2.10. The highest BCUT2D eigenvalue weighted by molar-refractivity contribution is 6.34. The van der Waals surface area contributed by atoms with Gasteiger partial charge in [-0.3, -0.25) is 4.79 Å². The molecule has 18 heavy (non-hydrogen) atoms. The minimum absolute atomic E-state index is 0.235. The van der Waals surface area contributed by atoms with Gasteiger partial charge in [0.25, 0.3) is 5.91 Å². The molecule has 1 heterocycles. The number of nitrogens with zero attached hydrogens (tertiary/aromatic N) is 2. The lowest BCUT2D eigenvalue weighted by Crippen LogP contribution is -2.20. The fourth-order valence-electron chi connectivity index (χ4n) is 1.45. The molecule has 2 rings (SSSR count). The van der Waals surface area contributed by atoms with Crippen LogP contribution >= 0.6 is 11.6 Å². The first-order chi connectivity index (χ1) is 8.61. The van der Waals surface area contributed by atoms with E-state index in [2.05, 4.69) is 9.97 Å². The van der Waals surface area contributed by atoms with Crippen LogP contribution in [-0.2, 0) is 4.79 Å². The summed E-state index contributed by atoms with van der Waals surface area (Å²) in [6.07, 6.45) is 1.34. The Hall–Kier alpha value is -2.08. The first-order valence-electron chi connectivity index (χ1n) is 5.01. The van der Waals surface area contributed by atoms with Crippen molar-refractivity contribution in [2.24, 2.45) is 5.73 Å². The summed E-state index contributed by atoms with van der Waals surface area (Å²) in [6.45, 7) is -0.235. The van der Waals surface area contributed by atoms with Crippen LogP contribution in [0, 0.1) is 0 Å². The van der Waals surface area contributed by atoms with Crippen molar-refractivity contribution in [3.63, 3.8) is 0 Å². The standard InChI is InChI=1S/C11H10ClN3O3/c1-17-8-2-6-7(14-5-15-11(6)12)3-9(8)18-4-10(13)16/h2-3,5H,4H2,1H3,(H2,13,16). The highest BCUT2D eigenvalue weighted by Crippen LogP contribution is 2.33. The molecule has 0 atom stereocenters. The van der Waals surface area contributed by atoms with Gasteiger partial charge in [-0.05, 0) is 6.07 Å². The number of aromatic nitrogens is 2. The van der Waals surface area contributed by atoms with Gasteiger partial charge in [0.1, 0.15) is 11.5 Å². The van der Waals surface area contributed by atoms with Crippen molar-refractivity contribution in [2.45, 2.75) is 0 Å². The van der Waals surface area contributed by atoms with E-state index in [-0.39, 0.29) is 6.61 Å². The molecule has 7 heteroatoms. The molecule has 0 unspecified atom stereocenters. The second-order valence-corrected chi connectivity index (χ2v) is 3.80. The van der Waals surface area contributed by atoms with Crippen LogP contribution in [0.5, 0.6) is 11.5 Å². The molecular weight excluding hydrogens is 258 g/mol. The number of halogens is 1. The van der Waals surface area contributed by atoms with Crippen molar-refractivity contribution in [1.82, 2.24) is 9.97 Å². The molecule has 1 aromatic carbocycles. The summed E-state index contributed by atoms with van der Waals surface area (Å²) in [5.74, 6) is 0.233. The van der Waals surface area contributed by atoms with Crippen LogP contribution in [0.1, 0.15) is 0 Å². The van der Waals surface area contributed by atoms with Crippen molar-refractivity contribution in [1.29, 1.82) is 0 Å². The predicted molar refractivity (Wildman–Crippen MR) is 65.8 cm³/mol. The van der Waals surface area contributed by atoms with E-state index in [1.54, 1.807) is 12.1 Å². The number of amides is 1. The van der Waals surface area contributed by atoms with Gasteiger partial charge in [0, 0.05) is 11.5 Å². The average molecular weight is 268 g/mol. The zero-order valence-corrected chi connectivity index (χ0v) is 10.3. The fraction of sp³-hybridized carbons (Fsp3) is 0.182. The van der Waals surface area contributed by atoms with Gasteiger partial charge in [-0.25, -0.2) is 9.97 Å². The summed E-state index contributed by atoms with van der Waals surface area (Å²) >= 11 is 5.94. The Labute approximate surface area is 108 Å². The summed E-state index contributed by atoms with van der Waals surface area (Å²) in [5.41, 5.74) is 5.61. The predicted octanol–water partition coefficient (Wildman–Crippen LogP) is 1.16. The van der Waals surface area contributed by atoms with E-state index < -0.39 is 5.91 Å². The van der Waals surface area contributed by atoms with E-state index in [0.29, 0.717) is 27.6 Å². The second-order valence-electron chi connectivity index (χ2n) is 3.44. The summed E-state index contributed by atoms with van der Waals surface area (Å²) in [4.78, 5) is 18.6. The highest BCUT2D eigenvalue weighted by atomic mass is 35.5. The maximum Gasteiger partial charge on any atom is 0.255 e. The number of ether oxygens (including phenoxy) is 2. The van der Waals surface area contributed by atoms with Crippen molar-refractivity contribution in [3.8, 4) is 11.5 Å². The van der Waals surface area contributed by atoms with Gasteiger partial charge in [0.2, 0.25) is 0 Å². The third kappa shape index (κ3) is 2.43. The second kappa shape index (κ2) is 5.05. The van der Waals surface area contributed by atoms with Crippen LogP contribution in [0.25, 0.3) is 10.9 Å². The summed E-state index contributed by atoms with van der Waals surface area (Å²) in [5, 5.41) is 0.960. The smallest absolute Gasteiger partial charge is 0.255 e. The largest absolute Gasteiger partial charge is 0.493 e. The molecule has 0 saturated carbocycles. The maximum atomic E-state index is 10.7. The molecule has 0 fully saturated rings. The van der Waals surface area contributed by atoms with Gasteiger partial charge in [0.05, 0.1) is 12.6 Å². The van der Waals surface area contributed by atoms with Crippen LogP contribution in [0.15, 0.2) is 18.5 Å². The molecule has 2 N–H and O–H groups in total. The van der Waals surface area contributed by atoms with E-state index in [0.717, 1.165) is 0 Å². The van der Waals surface area contributed by atoms with E-state index in [1.807, 2.05) is 0 Å². The normalized spacial score (nSPS) is 10.3. The van der Waals surface area contributed by atoms with Gasteiger partial charge in [0.15, 0.2) is 18.1 Å². The summed E-state index contributed by atoms with van der Waals surface area (Å²) in [7, 11) is 1.48. The molecule has 6 nitrogen and oxygen atoms in total. The molecular formula is C11H10ClN3O3. The fourth-order valence-corrected chi connectivity index (χ4v) is 1.65. The van der Waals surface area contributed by atoms with Gasteiger partial charge < -0.3 is 15.2 Å². The quantitative estimate of drug-likeness (QED) is 0.840. The first-order valence-corrected chi connectivity index (χ1v) is 5.39. The molecule has 1 aromatic heterocycles. The SMILES string of the molecule is COc1cc2c(Cl)ncnc2cc1OCC(N)=O. The monoisotopic (exact) mass is 267 g/mol. The number of benzene rings is 1. The lowest BCUT2D eigenvalue weighted by atomic mass is 10.2. The number of carbonyl (C=O) groups is 1. The maximum absolute atomic E-state index is 10.7. The minimum atomic E-state index is -0.571. The molecule has 2 aromatic rings. The Bertz CT molecular complexity index is 603. The van der Waals surface area contributed by atoms with Gasteiger partial charge in [-0.15, -0.1) is 0 Å². The summed E-state index contributed by atoms with van der Waals surface area (Å²) in [6, 6.07) is 3.26. The number of nitrogens with two attached hydrogens (primary N) is 1. The molecule has 0 aliphatic rings. The van der Waals surface area contributed by atoms with E-state index in [9.17, 15) is 4.79 Å². The number of fused-ring (bicyclic) bond motifs is 1. The van der Waals surface area contributed by atoms with Crippen LogP contribution < -0.4 is 15.2 Å². The Balaban J connectivity index is 2.49. The molecule has 0 spiro atoms. The lowest BCUT2D eigenvalue weighted by molar-refractivity contribution is -0.119. The molecule has 0 aliphatic carbocycles. The van der Waals surface area contributed by atoms with Crippen LogP contribution in [0.2, 0.25) is 5.15 Å². The number of hydrogen-bond donors (Lipinski definition) is 1. The van der Waals surface area contributed by atoms with Crippen molar-refractivity contribution < 1.29 is 14.3 Å². The molecule has 0 bridgehead atoms. The van der Waals surface area contributed by atoms with Crippen molar-refractivity contribution >= 4 is 28.4 Å². The highest BCUT2D eigenvalue weighted by Gasteiger charge is 2.11. The van der Waals surface area contributed by atoms with Crippen molar-refractivity contribution in [2.75, 3.05) is 13.7 Å². The van der Waals surface area contributed by atoms with E-state index in [1.165, 1.54) is 13.4 Å². The zero-order valence-electron chi connectivity index (χ0n) is 9.51. The molecule has 0 radical (unpaired) electrons. The van der Waals surface area contributed by atoms with Crippen LogP contribution in [0.3, 0.4) is 0 Å². The number of rotatable bonds is 4. The van der Waals surface area contributed by atoms with Gasteiger partial charge >= 0.3 is 0 Å². The minimum Gasteiger partial charge on any atom is -0.493 e. The number of primary amides is 1. The number of hydrogen-bond acceptors (Lipinski definition) is 5. The van der Waals surface area contributed by atoms with Gasteiger partial charge in [-0.2, -0.15) is 0 Å². The van der Waals surface area contributed by atoms with Crippen LogP contribution in [0.4, 0.5) is 0 Å².